The first-order valence-electron chi connectivity index (χ1n) is 4.89. The molecule has 0 saturated carbocycles. The van der Waals surface area contributed by atoms with Crippen molar-refractivity contribution >= 4 is 5.95 Å². The van der Waals surface area contributed by atoms with Crippen LogP contribution in [0.2, 0.25) is 0 Å². The average molecular weight is 253 g/mol. The van der Waals surface area contributed by atoms with Gasteiger partial charge in [0.1, 0.15) is 17.4 Å². The third-order valence-electron chi connectivity index (χ3n) is 1.96. The number of benzene rings is 1. The molecule has 0 atom stereocenters. The van der Waals surface area contributed by atoms with Crippen molar-refractivity contribution in [1.29, 1.82) is 0 Å². The second-order valence-corrected chi connectivity index (χ2v) is 3.31. The number of methoxy groups -OCH3 is 1. The second kappa shape index (κ2) is 4.82. The predicted octanol–water partition coefficient (Wildman–Crippen LogP) is 2.14. The zero-order chi connectivity index (χ0) is 13.1. The van der Waals surface area contributed by atoms with Crippen LogP contribution < -0.4 is 15.2 Å². The standard InChI is InChI=1S/C11H9F2N3O2/c1-17-9-5-10(16-11(14)15-9)18-8-3-6(12)2-7(13)4-8/h2-5H,1H3,(H2,14,15,16). The van der Waals surface area contributed by atoms with E-state index < -0.39 is 11.6 Å². The van der Waals surface area contributed by atoms with Gasteiger partial charge in [-0.1, -0.05) is 0 Å². The summed E-state index contributed by atoms with van der Waals surface area (Å²) in [6.45, 7) is 0. The molecule has 0 aliphatic rings. The van der Waals surface area contributed by atoms with Gasteiger partial charge in [0.15, 0.2) is 0 Å². The number of anilines is 1. The molecular weight excluding hydrogens is 244 g/mol. The SMILES string of the molecule is COc1cc(Oc2cc(F)cc(F)c2)nc(N)n1. The normalized spacial score (nSPS) is 10.2. The molecule has 0 spiro atoms. The fourth-order valence-corrected chi connectivity index (χ4v) is 1.29. The van der Waals surface area contributed by atoms with E-state index in [1.54, 1.807) is 0 Å². The fourth-order valence-electron chi connectivity index (χ4n) is 1.29. The molecule has 2 aromatic rings. The third-order valence-corrected chi connectivity index (χ3v) is 1.96. The summed E-state index contributed by atoms with van der Waals surface area (Å²) in [6.07, 6.45) is 0. The first-order valence-corrected chi connectivity index (χ1v) is 4.89. The molecule has 18 heavy (non-hydrogen) atoms. The summed E-state index contributed by atoms with van der Waals surface area (Å²) in [5.74, 6) is -1.38. The van der Waals surface area contributed by atoms with E-state index in [1.807, 2.05) is 0 Å². The molecule has 0 radical (unpaired) electrons. The summed E-state index contributed by atoms with van der Waals surface area (Å²) in [6, 6.07) is 4.13. The number of nitrogens with zero attached hydrogens (tertiary/aromatic N) is 2. The molecule has 0 aliphatic heterocycles. The molecule has 2 rings (SSSR count). The van der Waals surface area contributed by atoms with E-state index in [0.29, 0.717) is 0 Å². The molecule has 7 heteroatoms. The lowest BCUT2D eigenvalue weighted by molar-refractivity contribution is 0.388. The lowest BCUT2D eigenvalue weighted by Crippen LogP contribution is -1.99. The molecule has 0 aliphatic carbocycles. The highest BCUT2D eigenvalue weighted by atomic mass is 19.1. The number of hydrogen-bond donors (Lipinski definition) is 1. The van der Waals surface area contributed by atoms with Crippen LogP contribution in [0, 0.1) is 11.6 Å². The monoisotopic (exact) mass is 253 g/mol. The van der Waals surface area contributed by atoms with Crippen LogP contribution in [-0.2, 0) is 0 Å². The van der Waals surface area contributed by atoms with Gasteiger partial charge in [-0.05, 0) is 0 Å². The van der Waals surface area contributed by atoms with Crippen molar-refractivity contribution in [3.63, 3.8) is 0 Å². The van der Waals surface area contributed by atoms with Crippen LogP contribution in [0.5, 0.6) is 17.5 Å². The highest BCUT2D eigenvalue weighted by molar-refractivity contribution is 5.33. The van der Waals surface area contributed by atoms with Gasteiger partial charge in [0.25, 0.3) is 0 Å². The summed E-state index contributed by atoms with van der Waals surface area (Å²) in [5, 5.41) is 0. The summed E-state index contributed by atoms with van der Waals surface area (Å²) < 4.78 is 35.9. The maximum Gasteiger partial charge on any atom is 0.227 e. The maximum absolute atomic E-state index is 13.0. The van der Waals surface area contributed by atoms with E-state index in [0.717, 1.165) is 18.2 Å². The first-order chi connectivity index (χ1) is 8.56. The largest absolute Gasteiger partial charge is 0.481 e. The topological polar surface area (TPSA) is 70.3 Å². The number of aromatic nitrogens is 2. The molecule has 0 bridgehead atoms. The highest BCUT2D eigenvalue weighted by Gasteiger charge is 2.07. The summed E-state index contributed by atoms with van der Waals surface area (Å²) in [5.41, 5.74) is 5.42. The minimum Gasteiger partial charge on any atom is -0.481 e. The lowest BCUT2D eigenvalue weighted by Gasteiger charge is -2.07. The molecule has 1 heterocycles. The molecule has 0 unspecified atom stereocenters. The first kappa shape index (κ1) is 12.0. The number of nitrogen functional groups attached to an aromatic ring is 1. The van der Waals surface area contributed by atoms with E-state index in [1.165, 1.54) is 13.2 Å². The van der Waals surface area contributed by atoms with E-state index in [2.05, 4.69) is 9.97 Å². The Hall–Kier alpha value is -2.44. The summed E-state index contributed by atoms with van der Waals surface area (Å²) in [4.78, 5) is 7.50. The zero-order valence-electron chi connectivity index (χ0n) is 9.35. The number of ether oxygens (including phenoxy) is 2. The molecule has 94 valence electrons. The van der Waals surface area contributed by atoms with Gasteiger partial charge < -0.3 is 15.2 Å². The van der Waals surface area contributed by atoms with E-state index >= 15 is 0 Å². The zero-order valence-corrected chi connectivity index (χ0v) is 9.35. The minimum absolute atomic E-state index is 0.0318. The number of rotatable bonds is 3. The number of nitrogens with two attached hydrogens (primary N) is 1. The van der Waals surface area contributed by atoms with Crippen LogP contribution in [0.4, 0.5) is 14.7 Å². The van der Waals surface area contributed by atoms with Crippen molar-refractivity contribution in [2.24, 2.45) is 0 Å². The fraction of sp³-hybridized carbons (Fsp3) is 0.0909. The van der Waals surface area contributed by atoms with Gasteiger partial charge in [-0.25, -0.2) is 8.78 Å². The Balaban J connectivity index is 2.30. The average Bonchev–Trinajstić information content (AvgIpc) is 2.26. The van der Waals surface area contributed by atoms with Crippen LogP contribution in [0.15, 0.2) is 24.3 Å². The van der Waals surface area contributed by atoms with Crippen molar-refractivity contribution in [3.8, 4) is 17.5 Å². The maximum atomic E-state index is 13.0. The van der Waals surface area contributed by atoms with Crippen molar-refractivity contribution in [3.05, 3.63) is 35.9 Å². The Labute approximate surface area is 101 Å². The molecule has 0 fully saturated rings. The van der Waals surface area contributed by atoms with Gasteiger partial charge in [-0.15, -0.1) is 0 Å². The van der Waals surface area contributed by atoms with Crippen molar-refractivity contribution < 1.29 is 18.3 Å². The molecule has 5 nitrogen and oxygen atoms in total. The van der Waals surface area contributed by atoms with Gasteiger partial charge in [0, 0.05) is 18.2 Å². The van der Waals surface area contributed by atoms with Crippen LogP contribution >= 0.6 is 0 Å². The molecule has 1 aromatic carbocycles. The van der Waals surface area contributed by atoms with Crippen molar-refractivity contribution in [2.45, 2.75) is 0 Å². The Morgan fingerprint density at radius 3 is 2.22 bits per heavy atom. The van der Waals surface area contributed by atoms with Crippen molar-refractivity contribution in [1.82, 2.24) is 9.97 Å². The van der Waals surface area contributed by atoms with Crippen LogP contribution in [0.1, 0.15) is 0 Å². The number of halogens is 2. The Morgan fingerprint density at radius 1 is 1.00 bits per heavy atom. The highest BCUT2D eigenvalue weighted by Crippen LogP contribution is 2.24. The predicted molar refractivity (Wildman–Crippen MR) is 59.4 cm³/mol. The molecule has 2 N–H and O–H groups in total. The smallest absolute Gasteiger partial charge is 0.227 e. The molecular formula is C11H9F2N3O2. The van der Waals surface area contributed by atoms with Crippen molar-refractivity contribution in [2.75, 3.05) is 12.8 Å². The van der Waals surface area contributed by atoms with Crippen LogP contribution in [0.25, 0.3) is 0 Å². The van der Waals surface area contributed by atoms with Crippen LogP contribution in [-0.4, -0.2) is 17.1 Å². The Morgan fingerprint density at radius 2 is 1.61 bits per heavy atom. The van der Waals surface area contributed by atoms with E-state index in [-0.39, 0.29) is 23.5 Å². The van der Waals surface area contributed by atoms with Gasteiger partial charge >= 0.3 is 0 Å². The van der Waals surface area contributed by atoms with Gasteiger partial charge in [-0.2, -0.15) is 9.97 Å². The summed E-state index contributed by atoms with van der Waals surface area (Å²) >= 11 is 0. The van der Waals surface area contributed by atoms with Crippen LogP contribution in [0.3, 0.4) is 0 Å². The molecule has 0 saturated heterocycles. The lowest BCUT2D eigenvalue weighted by atomic mass is 10.3. The van der Waals surface area contributed by atoms with Gasteiger partial charge in [0.2, 0.25) is 17.7 Å². The molecule has 0 amide bonds. The Bertz CT molecular complexity index is 558. The van der Waals surface area contributed by atoms with E-state index in [4.69, 9.17) is 15.2 Å². The minimum atomic E-state index is -0.751. The third kappa shape index (κ3) is 2.82. The summed E-state index contributed by atoms with van der Waals surface area (Å²) in [7, 11) is 1.40. The van der Waals surface area contributed by atoms with Gasteiger partial charge in [-0.3, -0.25) is 0 Å². The quantitative estimate of drug-likeness (QED) is 0.907. The van der Waals surface area contributed by atoms with Gasteiger partial charge in [0.05, 0.1) is 13.2 Å². The Kier molecular flexibility index (Phi) is 3.22. The molecule has 1 aromatic heterocycles. The second-order valence-electron chi connectivity index (χ2n) is 3.31. The van der Waals surface area contributed by atoms with E-state index in [9.17, 15) is 8.78 Å². The number of hydrogen-bond acceptors (Lipinski definition) is 5.